The Bertz CT molecular complexity index is 245. The number of carboxylic acid groups (broad SMARTS) is 1. The van der Waals surface area contributed by atoms with Crippen molar-refractivity contribution in [3.63, 3.8) is 0 Å². The lowest BCUT2D eigenvalue weighted by atomic mass is 9.97. The van der Waals surface area contributed by atoms with Crippen molar-refractivity contribution in [1.82, 2.24) is 0 Å². The molecule has 0 aromatic rings. The van der Waals surface area contributed by atoms with Gasteiger partial charge in [0.1, 0.15) is 5.83 Å². The maximum atomic E-state index is 13.0. The highest BCUT2D eigenvalue weighted by Crippen LogP contribution is 2.25. The minimum absolute atomic E-state index is 0.440. The van der Waals surface area contributed by atoms with Crippen LogP contribution in [-0.4, -0.2) is 16.7 Å². The zero-order valence-corrected chi connectivity index (χ0v) is 5.55. The van der Waals surface area contributed by atoms with Gasteiger partial charge in [-0.3, -0.25) is 0 Å². The summed E-state index contributed by atoms with van der Waals surface area (Å²) >= 11 is 0. The average molecular weight is 160 g/mol. The van der Waals surface area contributed by atoms with E-state index in [2.05, 4.69) is 0 Å². The zero-order valence-electron chi connectivity index (χ0n) is 5.55. The van der Waals surface area contributed by atoms with Crippen LogP contribution in [0, 0.1) is 0 Å². The molecule has 0 aromatic carbocycles. The fourth-order valence-electron chi connectivity index (χ4n) is 0.752. The quantitative estimate of drug-likeness (QED) is 0.632. The molecule has 1 aliphatic rings. The highest BCUT2D eigenvalue weighted by molar-refractivity contribution is 5.80. The third-order valence-electron chi connectivity index (χ3n) is 1.46. The number of carbonyl (C=O) groups is 1. The summed E-state index contributed by atoms with van der Waals surface area (Å²) in [6, 6.07) is 0. The van der Waals surface area contributed by atoms with Crippen molar-refractivity contribution in [1.29, 1.82) is 0 Å². The lowest BCUT2D eigenvalue weighted by Gasteiger charge is -2.16. The number of aliphatic carboxylic acids is 1. The molecular weight excluding hydrogens is 154 g/mol. The highest BCUT2D eigenvalue weighted by Gasteiger charge is 2.36. The van der Waals surface area contributed by atoms with E-state index in [1.807, 2.05) is 0 Å². The van der Waals surface area contributed by atoms with Gasteiger partial charge in [-0.25, -0.2) is 13.6 Å². The number of hydrogen-bond acceptors (Lipinski definition) is 1. The van der Waals surface area contributed by atoms with Crippen molar-refractivity contribution in [2.75, 3.05) is 0 Å². The number of rotatable bonds is 1. The molecule has 1 atom stereocenters. The van der Waals surface area contributed by atoms with Crippen LogP contribution in [0.3, 0.4) is 0 Å². The maximum absolute atomic E-state index is 13.0. The molecule has 0 aromatic heterocycles. The Labute approximate surface area is 61.8 Å². The van der Waals surface area contributed by atoms with E-state index >= 15 is 0 Å². The summed E-state index contributed by atoms with van der Waals surface area (Å²) in [6.07, 6.45) is 2.00. The van der Waals surface area contributed by atoms with E-state index in [9.17, 15) is 13.6 Å². The molecular formula is C7H6F2O2. The summed E-state index contributed by atoms with van der Waals surface area (Å²) in [5, 5.41) is 8.31. The number of alkyl halides is 1. The first-order chi connectivity index (χ1) is 5.04. The van der Waals surface area contributed by atoms with Gasteiger partial charge in [0.25, 0.3) is 0 Å². The van der Waals surface area contributed by atoms with Gasteiger partial charge in [0, 0.05) is 6.42 Å². The predicted octanol–water partition coefficient (Wildman–Crippen LogP) is 1.59. The second-order valence-corrected chi connectivity index (χ2v) is 2.29. The van der Waals surface area contributed by atoms with Crippen molar-refractivity contribution in [2.24, 2.45) is 0 Å². The van der Waals surface area contributed by atoms with E-state index in [1.54, 1.807) is 0 Å². The summed E-state index contributed by atoms with van der Waals surface area (Å²) in [5.41, 5.74) is -2.42. The summed E-state index contributed by atoms with van der Waals surface area (Å²) in [7, 11) is 0. The van der Waals surface area contributed by atoms with Gasteiger partial charge in [-0.15, -0.1) is 0 Å². The van der Waals surface area contributed by atoms with Crippen LogP contribution in [0.2, 0.25) is 0 Å². The first kappa shape index (κ1) is 7.91. The zero-order chi connectivity index (χ0) is 8.48. The Balaban J connectivity index is 2.82. The molecule has 1 unspecified atom stereocenters. The molecule has 0 amide bonds. The van der Waals surface area contributed by atoms with Crippen molar-refractivity contribution < 1.29 is 18.7 Å². The van der Waals surface area contributed by atoms with Crippen LogP contribution < -0.4 is 0 Å². The van der Waals surface area contributed by atoms with E-state index in [4.69, 9.17) is 5.11 Å². The van der Waals surface area contributed by atoms with Gasteiger partial charge in [0.05, 0.1) is 0 Å². The van der Waals surface area contributed by atoms with Gasteiger partial charge in [0.15, 0.2) is 0 Å². The van der Waals surface area contributed by atoms with E-state index in [-0.39, 0.29) is 0 Å². The molecule has 60 valence electrons. The van der Waals surface area contributed by atoms with Gasteiger partial charge in [-0.2, -0.15) is 0 Å². The fraction of sp³-hybridized carbons (Fsp3) is 0.286. The van der Waals surface area contributed by atoms with E-state index in [0.29, 0.717) is 6.08 Å². The summed E-state index contributed by atoms with van der Waals surface area (Å²) in [6.45, 7) is 0. The van der Waals surface area contributed by atoms with Crippen LogP contribution in [-0.2, 0) is 4.79 Å². The van der Waals surface area contributed by atoms with Gasteiger partial charge in [-0.1, -0.05) is 0 Å². The SMILES string of the molecule is O=C(O)C1(F)C=CC(F)=CC1. The van der Waals surface area contributed by atoms with E-state index in [0.717, 1.165) is 12.2 Å². The highest BCUT2D eigenvalue weighted by atomic mass is 19.1. The van der Waals surface area contributed by atoms with Crippen LogP contribution in [0.1, 0.15) is 6.42 Å². The van der Waals surface area contributed by atoms with Gasteiger partial charge in [0.2, 0.25) is 5.67 Å². The topological polar surface area (TPSA) is 37.3 Å². The number of allylic oxidation sites excluding steroid dienone is 3. The lowest BCUT2D eigenvalue weighted by Crippen LogP contribution is -2.31. The lowest BCUT2D eigenvalue weighted by molar-refractivity contribution is -0.147. The van der Waals surface area contributed by atoms with Gasteiger partial charge < -0.3 is 5.11 Å². The molecule has 11 heavy (non-hydrogen) atoms. The Hall–Kier alpha value is -1.19. The second kappa shape index (κ2) is 2.45. The van der Waals surface area contributed by atoms with Crippen LogP contribution in [0.4, 0.5) is 8.78 Å². The minimum Gasteiger partial charge on any atom is -0.479 e. The summed E-state index contributed by atoms with van der Waals surface area (Å²) in [4.78, 5) is 10.2. The molecule has 0 saturated heterocycles. The van der Waals surface area contributed by atoms with E-state index in [1.165, 1.54) is 0 Å². The number of carboxylic acids is 1. The normalized spacial score (nSPS) is 29.8. The third kappa shape index (κ3) is 1.45. The maximum Gasteiger partial charge on any atom is 0.345 e. The van der Waals surface area contributed by atoms with Crippen molar-refractivity contribution in [3.05, 3.63) is 24.1 Å². The molecule has 1 rings (SSSR count). The van der Waals surface area contributed by atoms with Crippen molar-refractivity contribution in [2.45, 2.75) is 12.1 Å². The fourth-order valence-corrected chi connectivity index (χ4v) is 0.752. The third-order valence-corrected chi connectivity index (χ3v) is 1.46. The monoisotopic (exact) mass is 160 g/mol. The molecule has 4 heteroatoms. The molecule has 0 bridgehead atoms. The van der Waals surface area contributed by atoms with Crippen molar-refractivity contribution >= 4 is 5.97 Å². The molecule has 0 radical (unpaired) electrons. The summed E-state index contributed by atoms with van der Waals surface area (Å²) < 4.78 is 25.2. The van der Waals surface area contributed by atoms with Gasteiger partial charge >= 0.3 is 5.97 Å². The molecule has 0 fully saturated rings. The van der Waals surface area contributed by atoms with Crippen LogP contribution in [0.25, 0.3) is 0 Å². The van der Waals surface area contributed by atoms with Gasteiger partial charge in [-0.05, 0) is 18.2 Å². The standard InChI is InChI=1S/C7H6F2O2/c8-5-1-3-7(9,4-2-5)6(10)11/h1-3H,4H2,(H,10,11). The molecule has 0 saturated carbocycles. The number of hydrogen-bond donors (Lipinski definition) is 1. The Morgan fingerprint density at radius 1 is 1.73 bits per heavy atom. The second-order valence-electron chi connectivity index (χ2n) is 2.29. The van der Waals surface area contributed by atoms with Crippen LogP contribution in [0.5, 0.6) is 0 Å². The first-order valence-electron chi connectivity index (χ1n) is 3.02. The Kier molecular flexibility index (Phi) is 1.76. The summed E-state index contributed by atoms with van der Waals surface area (Å²) in [5.74, 6) is -2.18. The minimum atomic E-state index is -2.42. The molecule has 1 aliphatic carbocycles. The van der Waals surface area contributed by atoms with Crippen molar-refractivity contribution in [3.8, 4) is 0 Å². The molecule has 0 spiro atoms. The Morgan fingerprint density at radius 2 is 2.36 bits per heavy atom. The van der Waals surface area contributed by atoms with E-state index < -0.39 is 23.9 Å². The van der Waals surface area contributed by atoms with Crippen LogP contribution >= 0.6 is 0 Å². The van der Waals surface area contributed by atoms with Crippen LogP contribution in [0.15, 0.2) is 24.1 Å². The largest absolute Gasteiger partial charge is 0.479 e. The Morgan fingerprint density at radius 3 is 2.73 bits per heavy atom. The smallest absolute Gasteiger partial charge is 0.345 e. The predicted molar refractivity (Wildman–Crippen MR) is 34.4 cm³/mol. The molecule has 1 N–H and O–H groups in total. The molecule has 0 aliphatic heterocycles. The molecule has 2 nitrogen and oxygen atoms in total. The molecule has 0 heterocycles. The number of halogens is 2. The first-order valence-corrected chi connectivity index (χ1v) is 3.02. The average Bonchev–Trinajstić information content (AvgIpc) is 1.95.